The van der Waals surface area contributed by atoms with E-state index in [-0.39, 0.29) is 18.2 Å². The standard InChI is InChI=1S/C16H31N3O2/c1-12(2)11-19-9-7-14(8-10-19)18-16(21)17-13-3-5-15(20)6-4-13/h12-15,20H,3-11H2,1-2H3,(H2,17,18,21). The molecule has 0 aromatic rings. The number of aliphatic hydroxyl groups is 1. The molecule has 2 fully saturated rings. The van der Waals surface area contributed by atoms with E-state index in [1.807, 2.05) is 0 Å². The lowest BCUT2D eigenvalue weighted by Crippen LogP contribution is -2.51. The van der Waals surface area contributed by atoms with Gasteiger partial charge in [0.25, 0.3) is 0 Å². The summed E-state index contributed by atoms with van der Waals surface area (Å²) in [6, 6.07) is 0.510. The molecule has 1 aliphatic carbocycles. The number of carbonyl (C=O) groups excluding carboxylic acids is 1. The highest BCUT2D eigenvalue weighted by Crippen LogP contribution is 2.18. The maximum absolute atomic E-state index is 12.0. The first-order valence-corrected chi connectivity index (χ1v) is 8.50. The third-order valence-electron chi connectivity index (χ3n) is 4.58. The van der Waals surface area contributed by atoms with Gasteiger partial charge in [0, 0.05) is 31.7 Å². The van der Waals surface area contributed by atoms with E-state index in [0.29, 0.717) is 12.0 Å². The molecule has 2 aliphatic rings. The summed E-state index contributed by atoms with van der Waals surface area (Å²) in [4.78, 5) is 14.5. The maximum Gasteiger partial charge on any atom is 0.315 e. The van der Waals surface area contributed by atoms with Crippen LogP contribution in [0.1, 0.15) is 52.4 Å². The molecule has 2 amide bonds. The van der Waals surface area contributed by atoms with Crippen molar-refractivity contribution in [1.82, 2.24) is 15.5 Å². The minimum atomic E-state index is -0.170. The van der Waals surface area contributed by atoms with Gasteiger partial charge in [-0.3, -0.25) is 0 Å². The first-order valence-electron chi connectivity index (χ1n) is 8.50. The Hall–Kier alpha value is -0.810. The van der Waals surface area contributed by atoms with Crippen LogP contribution >= 0.6 is 0 Å². The van der Waals surface area contributed by atoms with E-state index in [9.17, 15) is 9.90 Å². The fraction of sp³-hybridized carbons (Fsp3) is 0.938. The minimum Gasteiger partial charge on any atom is -0.393 e. The van der Waals surface area contributed by atoms with Crippen molar-refractivity contribution in [2.75, 3.05) is 19.6 Å². The molecule has 1 saturated carbocycles. The van der Waals surface area contributed by atoms with Crippen LogP contribution < -0.4 is 10.6 Å². The lowest BCUT2D eigenvalue weighted by molar-refractivity contribution is 0.117. The summed E-state index contributed by atoms with van der Waals surface area (Å²) < 4.78 is 0. The molecular weight excluding hydrogens is 266 g/mol. The number of carbonyl (C=O) groups is 1. The van der Waals surface area contributed by atoms with Crippen molar-refractivity contribution in [2.24, 2.45) is 5.92 Å². The molecule has 1 heterocycles. The molecule has 0 bridgehead atoms. The number of nitrogens with zero attached hydrogens (tertiary/aromatic N) is 1. The van der Waals surface area contributed by atoms with Gasteiger partial charge in [0.2, 0.25) is 0 Å². The van der Waals surface area contributed by atoms with Crippen molar-refractivity contribution >= 4 is 6.03 Å². The van der Waals surface area contributed by atoms with E-state index in [1.54, 1.807) is 0 Å². The number of hydrogen-bond acceptors (Lipinski definition) is 3. The Bertz CT molecular complexity index is 319. The molecule has 1 aliphatic heterocycles. The van der Waals surface area contributed by atoms with Crippen molar-refractivity contribution in [1.29, 1.82) is 0 Å². The third-order valence-corrected chi connectivity index (χ3v) is 4.58. The van der Waals surface area contributed by atoms with Crippen LogP contribution in [0.5, 0.6) is 0 Å². The first-order chi connectivity index (χ1) is 10.0. The summed E-state index contributed by atoms with van der Waals surface area (Å²) in [7, 11) is 0. The van der Waals surface area contributed by atoms with Gasteiger partial charge in [-0.25, -0.2) is 4.79 Å². The number of likely N-dealkylation sites (tertiary alicyclic amines) is 1. The Balaban J connectivity index is 1.63. The Morgan fingerprint density at radius 3 is 2.10 bits per heavy atom. The number of piperidine rings is 1. The van der Waals surface area contributed by atoms with Crippen molar-refractivity contribution in [3.05, 3.63) is 0 Å². The average Bonchev–Trinajstić information content (AvgIpc) is 2.43. The molecule has 0 aromatic heterocycles. The molecule has 0 atom stereocenters. The Kier molecular flexibility index (Phi) is 6.30. The smallest absolute Gasteiger partial charge is 0.315 e. The van der Waals surface area contributed by atoms with Crippen molar-refractivity contribution in [3.63, 3.8) is 0 Å². The summed E-state index contributed by atoms with van der Waals surface area (Å²) in [5.74, 6) is 0.708. The minimum absolute atomic E-state index is 0.0290. The summed E-state index contributed by atoms with van der Waals surface area (Å²) in [6.45, 7) is 7.82. The van der Waals surface area contributed by atoms with Crippen LogP contribution in [0.3, 0.4) is 0 Å². The largest absolute Gasteiger partial charge is 0.393 e. The number of urea groups is 1. The molecule has 0 aromatic carbocycles. The van der Waals surface area contributed by atoms with Gasteiger partial charge in [-0.15, -0.1) is 0 Å². The summed E-state index contributed by atoms with van der Waals surface area (Å²) >= 11 is 0. The van der Waals surface area contributed by atoms with Gasteiger partial charge >= 0.3 is 6.03 Å². The fourth-order valence-electron chi connectivity index (χ4n) is 3.41. The normalized spacial score (nSPS) is 28.6. The molecule has 21 heavy (non-hydrogen) atoms. The van der Waals surface area contributed by atoms with Crippen LogP contribution in [0.15, 0.2) is 0 Å². The van der Waals surface area contributed by atoms with Gasteiger partial charge in [0.15, 0.2) is 0 Å². The van der Waals surface area contributed by atoms with Crippen LogP contribution in [0, 0.1) is 5.92 Å². The molecule has 5 nitrogen and oxygen atoms in total. The molecule has 5 heteroatoms. The van der Waals surface area contributed by atoms with E-state index >= 15 is 0 Å². The predicted octanol–water partition coefficient (Wildman–Crippen LogP) is 1.71. The molecule has 2 rings (SSSR count). The quantitative estimate of drug-likeness (QED) is 0.740. The van der Waals surface area contributed by atoms with Crippen LogP contribution in [-0.4, -0.2) is 53.9 Å². The van der Waals surface area contributed by atoms with E-state index in [1.165, 1.54) is 0 Å². The Labute approximate surface area is 128 Å². The van der Waals surface area contributed by atoms with E-state index in [2.05, 4.69) is 29.4 Å². The van der Waals surface area contributed by atoms with Gasteiger partial charge in [0.05, 0.1) is 6.10 Å². The zero-order valence-corrected chi connectivity index (χ0v) is 13.5. The van der Waals surface area contributed by atoms with Gasteiger partial charge in [-0.05, 0) is 44.4 Å². The third kappa shape index (κ3) is 5.83. The van der Waals surface area contributed by atoms with E-state index in [4.69, 9.17) is 0 Å². The summed E-state index contributed by atoms with van der Waals surface area (Å²) in [6.07, 6.45) is 5.31. The molecule has 0 unspecified atom stereocenters. The number of rotatable bonds is 4. The molecular formula is C16H31N3O2. The molecule has 1 saturated heterocycles. The summed E-state index contributed by atoms with van der Waals surface area (Å²) in [5, 5.41) is 15.6. The zero-order chi connectivity index (χ0) is 15.2. The number of hydrogen-bond donors (Lipinski definition) is 3. The van der Waals surface area contributed by atoms with E-state index in [0.717, 1.165) is 58.2 Å². The molecule has 0 spiro atoms. The number of amides is 2. The first kappa shape index (κ1) is 16.6. The Morgan fingerprint density at radius 1 is 1.05 bits per heavy atom. The highest BCUT2D eigenvalue weighted by molar-refractivity contribution is 5.74. The molecule has 0 radical (unpaired) electrons. The second kappa shape index (κ2) is 7.99. The molecule has 122 valence electrons. The summed E-state index contributed by atoms with van der Waals surface area (Å²) in [5.41, 5.74) is 0. The highest BCUT2D eigenvalue weighted by atomic mass is 16.3. The van der Waals surface area contributed by atoms with Crippen molar-refractivity contribution in [3.8, 4) is 0 Å². The fourth-order valence-corrected chi connectivity index (χ4v) is 3.41. The Morgan fingerprint density at radius 2 is 1.57 bits per heavy atom. The number of aliphatic hydroxyl groups excluding tert-OH is 1. The predicted molar refractivity (Wildman–Crippen MR) is 84.2 cm³/mol. The van der Waals surface area contributed by atoms with Crippen LogP contribution in [0.25, 0.3) is 0 Å². The van der Waals surface area contributed by atoms with Crippen LogP contribution in [0.4, 0.5) is 4.79 Å². The highest BCUT2D eigenvalue weighted by Gasteiger charge is 2.24. The average molecular weight is 297 g/mol. The lowest BCUT2D eigenvalue weighted by atomic mass is 9.93. The van der Waals surface area contributed by atoms with Crippen LogP contribution in [-0.2, 0) is 0 Å². The van der Waals surface area contributed by atoms with Gasteiger partial charge < -0.3 is 20.6 Å². The van der Waals surface area contributed by atoms with Gasteiger partial charge in [0.1, 0.15) is 0 Å². The SMILES string of the molecule is CC(C)CN1CCC(NC(=O)NC2CCC(O)CC2)CC1. The second-order valence-corrected chi connectivity index (χ2v) is 7.09. The topological polar surface area (TPSA) is 64.6 Å². The maximum atomic E-state index is 12.0. The van der Waals surface area contributed by atoms with Gasteiger partial charge in [-0.2, -0.15) is 0 Å². The van der Waals surface area contributed by atoms with Crippen molar-refractivity contribution in [2.45, 2.75) is 70.6 Å². The zero-order valence-electron chi connectivity index (χ0n) is 13.5. The monoisotopic (exact) mass is 297 g/mol. The van der Waals surface area contributed by atoms with Gasteiger partial charge in [-0.1, -0.05) is 13.8 Å². The lowest BCUT2D eigenvalue weighted by Gasteiger charge is -2.34. The van der Waals surface area contributed by atoms with E-state index < -0.39 is 0 Å². The van der Waals surface area contributed by atoms with Crippen LogP contribution in [0.2, 0.25) is 0 Å². The second-order valence-electron chi connectivity index (χ2n) is 7.09. The molecule has 3 N–H and O–H groups in total. The van der Waals surface area contributed by atoms with Crippen molar-refractivity contribution < 1.29 is 9.90 Å². The number of nitrogens with one attached hydrogen (secondary N) is 2.